The average molecular weight is 231 g/mol. The van der Waals surface area contributed by atoms with Gasteiger partial charge in [-0.05, 0) is 43.2 Å². The second-order valence-electron chi connectivity index (χ2n) is 4.11. The van der Waals surface area contributed by atoms with Crippen molar-refractivity contribution in [2.24, 2.45) is 5.92 Å². The largest absolute Gasteiger partial charge is 0.204 e. The summed E-state index contributed by atoms with van der Waals surface area (Å²) in [7, 11) is 0. The first-order valence-electron chi connectivity index (χ1n) is 5.25. The van der Waals surface area contributed by atoms with Gasteiger partial charge in [-0.1, -0.05) is 12.1 Å². The van der Waals surface area contributed by atoms with Gasteiger partial charge in [-0.25, -0.2) is 8.78 Å². The molecule has 1 saturated carbocycles. The fraction of sp³-hybridized carbons (Fsp3) is 0.500. The minimum Gasteiger partial charge on any atom is -0.204 e. The predicted molar refractivity (Wildman–Crippen MR) is 57.0 cm³/mol. The number of hydrogen-bond donors (Lipinski definition) is 0. The Balaban J connectivity index is 1.95. The lowest BCUT2D eigenvalue weighted by atomic mass is 10.1. The Morgan fingerprint density at radius 2 is 2.07 bits per heavy atom. The molecular weight excluding hydrogens is 218 g/mol. The molecule has 0 N–H and O–H groups in total. The van der Waals surface area contributed by atoms with Gasteiger partial charge in [0.05, 0.1) is 0 Å². The SMILES string of the molecule is Fc1cccc(CCC(Cl)C2CC2)c1F. The van der Waals surface area contributed by atoms with E-state index in [-0.39, 0.29) is 5.38 Å². The van der Waals surface area contributed by atoms with Crippen molar-refractivity contribution in [3.63, 3.8) is 0 Å². The molecule has 2 rings (SSSR count). The molecule has 1 fully saturated rings. The molecule has 0 bridgehead atoms. The summed E-state index contributed by atoms with van der Waals surface area (Å²) >= 11 is 6.10. The van der Waals surface area contributed by atoms with Crippen LogP contribution in [0.1, 0.15) is 24.8 Å². The van der Waals surface area contributed by atoms with Crippen molar-refractivity contribution in [2.75, 3.05) is 0 Å². The topological polar surface area (TPSA) is 0 Å². The molecule has 0 heterocycles. The first-order valence-corrected chi connectivity index (χ1v) is 5.69. The molecule has 1 aliphatic rings. The molecule has 0 nitrogen and oxygen atoms in total. The van der Waals surface area contributed by atoms with E-state index in [0.717, 1.165) is 12.5 Å². The number of alkyl halides is 1. The van der Waals surface area contributed by atoms with Gasteiger partial charge < -0.3 is 0 Å². The monoisotopic (exact) mass is 230 g/mol. The molecule has 0 aromatic heterocycles. The van der Waals surface area contributed by atoms with E-state index >= 15 is 0 Å². The number of hydrogen-bond acceptors (Lipinski definition) is 0. The zero-order chi connectivity index (χ0) is 10.8. The van der Waals surface area contributed by atoms with Gasteiger partial charge in [0.25, 0.3) is 0 Å². The van der Waals surface area contributed by atoms with Crippen LogP contribution >= 0.6 is 11.6 Å². The lowest BCUT2D eigenvalue weighted by Gasteiger charge is -2.08. The van der Waals surface area contributed by atoms with Gasteiger partial charge in [0, 0.05) is 5.38 Å². The normalized spacial score (nSPS) is 17.8. The number of benzene rings is 1. The maximum Gasteiger partial charge on any atom is 0.162 e. The van der Waals surface area contributed by atoms with Gasteiger partial charge in [0.1, 0.15) is 0 Å². The maximum atomic E-state index is 13.3. The van der Waals surface area contributed by atoms with Crippen LogP contribution in [-0.4, -0.2) is 5.38 Å². The van der Waals surface area contributed by atoms with Crippen molar-refractivity contribution < 1.29 is 8.78 Å². The standard InChI is InChI=1S/C12H13ClF2/c13-10(8-4-5-8)7-6-9-2-1-3-11(14)12(9)15/h1-3,8,10H,4-7H2. The minimum absolute atomic E-state index is 0.118. The highest BCUT2D eigenvalue weighted by Crippen LogP contribution is 2.37. The third-order valence-corrected chi connectivity index (χ3v) is 3.43. The van der Waals surface area contributed by atoms with Crippen molar-refractivity contribution in [2.45, 2.75) is 31.1 Å². The Kier molecular flexibility index (Phi) is 3.25. The van der Waals surface area contributed by atoms with Crippen LogP contribution in [0.4, 0.5) is 8.78 Å². The molecule has 0 radical (unpaired) electrons. The second kappa shape index (κ2) is 4.48. The number of rotatable bonds is 4. The summed E-state index contributed by atoms with van der Waals surface area (Å²) in [5.74, 6) is -0.898. The van der Waals surface area contributed by atoms with E-state index in [1.54, 1.807) is 6.07 Å². The van der Waals surface area contributed by atoms with Crippen molar-refractivity contribution in [3.05, 3.63) is 35.4 Å². The van der Waals surface area contributed by atoms with Crippen molar-refractivity contribution in [1.82, 2.24) is 0 Å². The molecule has 0 spiro atoms. The summed E-state index contributed by atoms with van der Waals surface area (Å²) in [4.78, 5) is 0. The van der Waals surface area contributed by atoms with Gasteiger partial charge >= 0.3 is 0 Å². The van der Waals surface area contributed by atoms with Gasteiger partial charge in [-0.2, -0.15) is 0 Å². The highest BCUT2D eigenvalue weighted by atomic mass is 35.5. The molecule has 82 valence electrons. The highest BCUT2D eigenvalue weighted by Gasteiger charge is 2.29. The summed E-state index contributed by atoms with van der Waals surface area (Å²) in [6, 6.07) is 4.29. The summed E-state index contributed by atoms with van der Waals surface area (Å²) < 4.78 is 26.1. The molecule has 0 saturated heterocycles. The lowest BCUT2D eigenvalue weighted by molar-refractivity contribution is 0.495. The molecule has 1 aliphatic carbocycles. The van der Waals surface area contributed by atoms with Crippen molar-refractivity contribution >= 4 is 11.6 Å². The summed E-state index contributed by atoms with van der Waals surface area (Å²) in [5.41, 5.74) is 0.432. The molecular formula is C12H13ClF2. The fourth-order valence-electron chi connectivity index (χ4n) is 1.73. The smallest absolute Gasteiger partial charge is 0.162 e. The second-order valence-corrected chi connectivity index (χ2v) is 4.67. The molecule has 3 heteroatoms. The Hall–Kier alpha value is -0.630. The summed E-state index contributed by atoms with van der Waals surface area (Å²) in [6.07, 6.45) is 3.61. The van der Waals surface area contributed by atoms with E-state index < -0.39 is 11.6 Å². The summed E-state index contributed by atoms with van der Waals surface area (Å²) in [5, 5.41) is 0.118. The first-order chi connectivity index (χ1) is 7.18. The molecule has 1 aromatic carbocycles. The quantitative estimate of drug-likeness (QED) is 0.688. The van der Waals surface area contributed by atoms with Crippen LogP contribution in [0.5, 0.6) is 0 Å². The van der Waals surface area contributed by atoms with E-state index in [0.29, 0.717) is 17.9 Å². The lowest BCUT2D eigenvalue weighted by Crippen LogP contribution is -2.04. The van der Waals surface area contributed by atoms with E-state index in [9.17, 15) is 8.78 Å². The maximum absolute atomic E-state index is 13.3. The highest BCUT2D eigenvalue weighted by molar-refractivity contribution is 6.20. The van der Waals surface area contributed by atoms with E-state index in [4.69, 9.17) is 11.6 Å². The van der Waals surface area contributed by atoms with Crippen LogP contribution in [0.15, 0.2) is 18.2 Å². The fourth-order valence-corrected chi connectivity index (χ4v) is 2.09. The molecule has 15 heavy (non-hydrogen) atoms. The third kappa shape index (κ3) is 2.69. The van der Waals surface area contributed by atoms with Crippen molar-refractivity contribution in [3.8, 4) is 0 Å². The number of aryl methyl sites for hydroxylation is 1. The van der Waals surface area contributed by atoms with Gasteiger partial charge in [-0.15, -0.1) is 11.6 Å². The van der Waals surface area contributed by atoms with Crippen LogP contribution in [0.25, 0.3) is 0 Å². The zero-order valence-electron chi connectivity index (χ0n) is 8.35. The van der Waals surface area contributed by atoms with E-state index in [2.05, 4.69) is 0 Å². The molecule has 0 aliphatic heterocycles. The van der Waals surface area contributed by atoms with Crippen molar-refractivity contribution in [1.29, 1.82) is 0 Å². The first kappa shape index (κ1) is 10.9. The minimum atomic E-state index is -0.773. The molecule has 1 atom stereocenters. The predicted octanol–water partition coefficient (Wildman–Crippen LogP) is 3.91. The van der Waals surface area contributed by atoms with Crippen LogP contribution in [-0.2, 0) is 6.42 Å². The zero-order valence-corrected chi connectivity index (χ0v) is 9.11. The third-order valence-electron chi connectivity index (χ3n) is 2.85. The Labute approximate surface area is 93.2 Å². The van der Waals surface area contributed by atoms with Gasteiger partial charge in [0.15, 0.2) is 11.6 Å². The van der Waals surface area contributed by atoms with Gasteiger partial charge in [-0.3, -0.25) is 0 Å². The van der Waals surface area contributed by atoms with Crippen LogP contribution in [0, 0.1) is 17.6 Å². The Morgan fingerprint density at radius 3 is 2.73 bits per heavy atom. The molecule has 1 aromatic rings. The van der Waals surface area contributed by atoms with E-state index in [1.807, 2.05) is 0 Å². The average Bonchev–Trinajstić information content (AvgIpc) is 3.03. The Morgan fingerprint density at radius 1 is 1.33 bits per heavy atom. The Bertz CT molecular complexity index is 347. The summed E-state index contributed by atoms with van der Waals surface area (Å²) in [6.45, 7) is 0. The van der Waals surface area contributed by atoms with Crippen LogP contribution in [0.3, 0.4) is 0 Å². The molecule has 0 amide bonds. The van der Waals surface area contributed by atoms with Crippen LogP contribution < -0.4 is 0 Å². The van der Waals surface area contributed by atoms with Gasteiger partial charge in [0.2, 0.25) is 0 Å². The number of halogens is 3. The van der Waals surface area contributed by atoms with Crippen LogP contribution in [0.2, 0.25) is 0 Å². The molecule has 1 unspecified atom stereocenters. The van der Waals surface area contributed by atoms with E-state index in [1.165, 1.54) is 18.9 Å².